The quantitative estimate of drug-likeness (QED) is 0.353. The normalized spacial score (nSPS) is 18.9. The summed E-state index contributed by atoms with van der Waals surface area (Å²) in [6.45, 7) is 1.94. The Hall–Kier alpha value is -4.49. The number of morpholine rings is 1. The van der Waals surface area contributed by atoms with Crippen LogP contribution in [0.4, 0.5) is 17.3 Å². The number of nitrogens with zero attached hydrogens (tertiary/aromatic N) is 5. The number of aliphatic hydroxyl groups excluding tert-OH is 1. The summed E-state index contributed by atoms with van der Waals surface area (Å²) in [5.74, 6) is -0.420. The number of methoxy groups -OCH3 is 1. The molecule has 13 nitrogen and oxygen atoms in total. The first-order valence-corrected chi connectivity index (χ1v) is 11.0. The molecule has 0 aliphatic carbocycles. The van der Waals surface area contributed by atoms with E-state index in [4.69, 9.17) is 19.7 Å². The van der Waals surface area contributed by atoms with E-state index in [1.54, 1.807) is 54.3 Å². The maximum absolute atomic E-state index is 13.2. The smallest absolute Gasteiger partial charge is 0.260 e. The van der Waals surface area contributed by atoms with Crippen LogP contribution in [0.2, 0.25) is 0 Å². The Morgan fingerprint density at radius 3 is 2.94 bits per heavy atom. The first-order chi connectivity index (χ1) is 17.3. The van der Waals surface area contributed by atoms with Crippen molar-refractivity contribution in [1.29, 1.82) is 0 Å². The van der Waals surface area contributed by atoms with Gasteiger partial charge >= 0.3 is 0 Å². The molecule has 0 radical (unpaired) electrons. The molecule has 1 aliphatic rings. The zero-order valence-electron chi connectivity index (χ0n) is 19.4. The van der Waals surface area contributed by atoms with Crippen molar-refractivity contribution in [2.45, 2.75) is 25.2 Å². The van der Waals surface area contributed by atoms with Crippen molar-refractivity contribution in [2.75, 3.05) is 29.6 Å². The van der Waals surface area contributed by atoms with Crippen molar-refractivity contribution in [3.8, 4) is 11.6 Å². The average Bonchev–Trinajstić information content (AvgIpc) is 3.52. The Morgan fingerprint density at radius 2 is 2.14 bits per heavy atom. The largest absolute Gasteiger partial charge is 0.481 e. The number of amides is 2. The Kier molecular flexibility index (Phi) is 6.00. The van der Waals surface area contributed by atoms with E-state index < -0.39 is 30.1 Å². The molecule has 0 spiro atoms. The molecule has 4 heterocycles. The van der Waals surface area contributed by atoms with Gasteiger partial charge in [-0.3, -0.25) is 14.5 Å². The van der Waals surface area contributed by atoms with E-state index in [0.29, 0.717) is 34.0 Å². The van der Waals surface area contributed by atoms with E-state index in [0.717, 1.165) is 0 Å². The number of anilines is 3. The molecular formula is C23H23N7O6. The maximum atomic E-state index is 13.2. The second kappa shape index (κ2) is 9.28. The van der Waals surface area contributed by atoms with Crippen LogP contribution in [0.25, 0.3) is 16.7 Å². The van der Waals surface area contributed by atoms with Crippen LogP contribution >= 0.6 is 0 Å². The van der Waals surface area contributed by atoms with Gasteiger partial charge in [0, 0.05) is 36.3 Å². The van der Waals surface area contributed by atoms with Crippen LogP contribution in [0.15, 0.2) is 53.3 Å². The summed E-state index contributed by atoms with van der Waals surface area (Å²) >= 11 is 0. The summed E-state index contributed by atoms with van der Waals surface area (Å²) in [7, 11) is 1.51. The van der Waals surface area contributed by atoms with Crippen LogP contribution in [0.5, 0.6) is 5.88 Å². The van der Waals surface area contributed by atoms with Crippen LogP contribution in [0, 0.1) is 0 Å². The molecule has 2 amide bonds. The van der Waals surface area contributed by atoms with E-state index >= 15 is 0 Å². The number of carbonyl (C=O) groups excluding carboxylic acids is 2. The molecule has 1 saturated heterocycles. The summed E-state index contributed by atoms with van der Waals surface area (Å²) in [5.41, 5.74) is 7.09. The fourth-order valence-corrected chi connectivity index (χ4v) is 3.91. The summed E-state index contributed by atoms with van der Waals surface area (Å²) in [6, 6.07) is 9.82. The molecule has 0 saturated carbocycles. The summed E-state index contributed by atoms with van der Waals surface area (Å²) in [6.07, 6.45) is -0.399. The number of carbonyl (C=O) groups is 2. The summed E-state index contributed by atoms with van der Waals surface area (Å²) in [5, 5.41) is 22.0. The van der Waals surface area contributed by atoms with Gasteiger partial charge in [0.2, 0.25) is 5.88 Å². The Morgan fingerprint density at radius 1 is 1.31 bits per heavy atom. The second-order valence-corrected chi connectivity index (χ2v) is 8.20. The highest BCUT2D eigenvalue weighted by atomic mass is 16.5. The van der Waals surface area contributed by atoms with Gasteiger partial charge in [-0.15, -0.1) is 5.10 Å². The summed E-state index contributed by atoms with van der Waals surface area (Å²) in [4.78, 5) is 31.5. The number of hydrogen-bond donors (Lipinski definition) is 3. The number of nitrogens with two attached hydrogens (primary N) is 1. The minimum absolute atomic E-state index is 0.198. The van der Waals surface area contributed by atoms with E-state index in [1.807, 2.05) is 0 Å². The van der Waals surface area contributed by atoms with Gasteiger partial charge in [-0.05, 0) is 25.1 Å². The first-order valence-electron chi connectivity index (χ1n) is 11.0. The molecule has 3 atom stereocenters. The lowest BCUT2D eigenvalue weighted by molar-refractivity contribution is -0.156. The highest BCUT2D eigenvalue weighted by molar-refractivity contribution is 6.04. The van der Waals surface area contributed by atoms with Crippen LogP contribution in [-0.4, -0.2) is 68.8 Å². The number of ether oxygens (including phenoxy) is 2. The van der Waals surface area contributed by atoms with Crippen LogP contribution in [0.1, 0.15) is 6.92 Å². The molecule has 4 aromatic rings. The van der Waals surface area contributed by atoms with E-state index in [1.165, 1.54) is 18.1 Å². The minimum atomic E-state index is -1.77. The standard InChI is InChI=1S/C23H23N7O6/c1-12-11-29(17-6-8-30(27-17)14-5-7-25-18(10-14)34-2)23(33)20(35-12)19(31)22(32)26-13-3-4-15-16(9-13)36-28-21(15)24/h3-10,12,19-20,31H,11H2,1-2H3,(H2,24,28)(H,26,32)/t12-,19?,20+/m0/s1. The predicted molar refractivity (Wildman–Crippen MR) is 128 cm³/mol. The fraction of sp³-hybridized carbons (Fsp3) is 0.261. The molecule has 13 heteroatoms. The Labute approximate surface area is 204 Å². The van der Waals surface area contributed by atoms with Crippen LogP contribution in [0.3, 0.4) is 0 Å². The number of rotatable bonds is 6. The number of aliphatic hydroxyl groups is 1. The highest BCUT2D eigenvalue weighted by Gasteiger charge is 2.42. The molecular weight excluding hydrogens is 470 g/mol. The second-order valence-electron chi connectivity index (χ2n) is 8.20. The molecule has 3 aromatic heterocycles. The number of nitrogens with one attached hydrogen (secondary N) is 1. The number of aromatic nitrogens is 4. The van der Waals surface area contributed by atoms with Crippen molar-refractivity contribution in [3.05, 3.63) is 48.8 Å². The minimum Gasteiger partial charge on any atom is -0.481 e. The molecule has 1 unspecified atom stereocenters. The number of fused-ring (bicyclic) bond motifs is 1. The number of nitrogen functional groups attached to an aromatic ring is 1. The lowest BCUT2D eigenvalue weighted by atomic mass is 10.1. The van der Waals surface area contributed by atoms with Gasteiger partial charge in [-0.2, -0.15) is 0 Å². The van der Waals surface area contributed by atoms with Gasteiger partial charge in [0.25, 0.3) is 11.8 Å². The third kappa shape index (κ3) is 4.32. The van der Waals surface area contributed by atoms with Gasteiger partial charge in [0.15, 0.2) is 29.4 Å². The van der Waals surface area contributed by atoms with E-state index in [-0.39, 0.29) is 12.4 Å². The molecule has 36 heavy (non-hydrogen) atoms. The van der Waals surface area contributed by atoms with E-state index in [2.05, 4.69) is 20.6 Å². The number of pyridine rings is 1. The Bertz CT molecular complexity index is 1430. The van der Waals surface area contributed by atoms with Crippen LogP contribution in [-0.2, 0) is 14.3 Å². The van der Waals surface area contributed by atoms with Crippen molar-refractivity contribution in [1.82, 2.24) is 19.9 Å². The molecule has 5 rings (SSSR count). The van der Waals surface area contributed by atoms with Gasteiger partial charge < -0.3 is 30.2 Å². The van der Waals surface area contributed by atoms with Crippen molar-refractivity contribution < 1.29 is 28.7 Å². The highest BCUT2D eigenvalue weighted by Crippen LogP contribution is 2.26. The van der Waals surface area contributed by atoms with Gasteiger partial charge in [0.1, 0.15) is 0 Å². The third-order valence-electron chi connectivity index (χ3n) is 5.69. The first kappa shape index (κ1) is 23.3. The predicted octanol–water partition coefficient (Wildman–Crippen LogP) is 1.12. The SMILES string of the molecule is COc1cc(-n2ccc(N3C[C@H](C)O[C@H](C(O)C(=O)Nc4ccc5c(N)noc5c4)C3=O)n2)ccn1. The molecule has 4 N–H and O–H groups in total. The Balaban J connectivity index is 1.32. The fourth-order valence-electron chi connectivity index (χ4n) is 3.91. The average molecular weight is 493 g/mol. The molecule has 0 bridgehead atoms. The molecule has 1 aromatic carbocycles. The van der Waals surface area contributed by atoms with Crippen molar-refractivity contribution in [2.24, 2.45) is 0 Å². The van der Waals surface area contributed by atoms with Gasteiger partial charge in [-0.25, -0.2) is 9.67 Å². The van der Waals surface area contributed by atoms with Crippen molar-refractivity contribution >= 4 is 40.1 Å². The topological polar surface area (TPSA) is 171 Å². The maximum Gasteiger partial charge on any atom is 0.260 e. The van der Waals surface area contributed by atoms with Crippen molar-refractivity contribution in [3.63, 3.8) is 0 Å². The van der Waals surface area contributed by atoms with E-state index in [9.17, 15) is 14.7 Å². The monoisotopic (exact) mass is 493 g/mol. The zero-order chi connectivity index (χ0) is 25.4. The number of benzene rings is 1. The number of hydrogen-bond acceptors (Lipinski definition) is 10. The molecule has 186 valence electrons. The van der Waals surface area contributed by atoms with Crippen LogP contribution < -0.4 is 20.7 Å². The van der Waals surface area contributed by atoms with Gasteiger partial charge in [-0.1, -0.05) is 5.16 Å². The van der Waals surface area contributed by atoms with Gasteiger partial charge in [0.05, 0.1) is 30.8 Å². The zero-order valence-corrected chi connectivity index (χ0v) is 19.4. The third-order valence-corrected chi connectivity index (χ3v) is 5.69. The molecule has 1 fully saturated rings. The lowest BCUT2D eigenvalue weighted by Gasteiger charge is -2.36. The lowest BCUT2D eigenvalue weighted by Crippen LogP contribution is -2.58. The molecule has 1 aliphatic heterocycles. The summed E-state index contributed by atoms with van der Waals surface area (Å²) < 4.78 is 17.5.